The van der Waals surface area contributed by atoms with Crippen LogP contribution in [0.4, 0.5) is 0 Å². The van der Waals surface area contributed by atoms with Crippen LogP contribution in [0.5, 0.6) is 0 Å². The predicted octanol–water partition coefficient (Wildman–Crippen LogP) is 3.22. The maximum Gasteiger partial charge on any atom is 0.309 e. The minimum Gasteiger partial charge on any atom is -0.481 e. The third-order valence-electron chi connectivity index (χ3n) is 6.32. The summed E-state index contributed by atoms with van der Waals surface area (Å²) in [5.41, 5.74) is 2.40. The molecule has 1 aromatic carbocycles. The van der Waals surface area contributed by atoms with Crippen LogP contribution in [-0.4, -0.2) is 52.7 Å². The van der Waals surface area contributed by atoms with E-state index in [9.17, 15) is 14.7 Å². The number of carbonyl (C=O) groups excluding carboxylic acids is 1. The zero-order chi connectivity index (χ0) is 19.5. The molecular weight excluding hydrogens is 356 g/mol. The number of amides is 1. The van der Waals surface area contributed by atoms with Crippen LogP contribution < -0.4 is 0 Å². The summed E-state index contributed by atoms with van der Waals surface area (Å²) in [4.78, 5) is 29.2. The molecular formula is C22H28N2O4. The van der Waals surface area contributed by atoms with Gasteiger partial charge < -0.3 is 19.7 Å². The van der Waals surface area contributed by atoms with Gasteiger partial charge in [0.1, 0.15) is 0 Å². The van der Waals surface area contributed by atoms with Gasteiger partial charge in [0, 0.05) is 43.2 Å². The van der Waals surface area contributed by atoms with Crippen molar-refractivity contribution in [2.24, 2.45) is 11.8 Å². The number of aromatic amines is 1. The highest BCUT2D eigenvalue weighted by atomic mass is 16.5. The number of hydrogen-bond acceptors (Lipinski definition) is 3. The van der Waals surface area contributed by atoms with Crippen LogP contribution in [0.1, 0.15) is 37.7 Å². The van der Waals surface area contributed by atoms with Crippen molar-refractivity contribution in [3.63, 3.8) is 0 Å². The van der Waals surface area contributed by atoms with Gasteiger partial charge in [-0.05, 0) is 49.7 Å². The number of ether oxygens (including phenoxy) is 1. The van der Waals surface area contributed by atoms with E-state index < -0.39 is 5.97 Å². The Kier molecular flexibility index (Phi) is 5.67. The molecule has 28 heavy (non-hydrogen) atoms. The van der Waals surface area contributed by atoms with E-state index in [1.165, 1.54) is 10.9 Å². The molecule has 3 heterocycles. The minimum absolute atomic E-state index is 0.184. The summed E-state index contributed by atoms with van der Waals surface area (Å²) in [7, 11) is 0. The number of rotatable bonds is 6. The molecule has 1 unspecified atom stereocenters. The molecule has 0 bridgehead atoms. The van der Waals surface area contributed by atoms with E-state index in [0.29, 0.717) is 32.5 Å². The molecule has 1 aromatic heterocycles. The first-order chi connectivity index (χ1) is 13.6. The Balaban J connectivity index is 1.24. The molecule has 2 fully saturated rings. The van der Waals surface area contributed by atoms with Crippen molar-refractivity contribution < 1.29 is 19.4 Å². The Morgan fingerprint density at radius 3 is 2.75 bits per heavy atom. The van der Waals surface area contributed by atoms with Crippen molar-refractivity contribution in [3.05, 3.63) is 36.0 Å². The Hall–Kier alpha value is -2.34. The standard InChI is InChI=1S/C22H28N2O4/c25-20(7-3-4-16-14-23-19-6-2-1-5-17(16)19)24-11-8-15(9-12-24)21-18(22(26)27)10-13-28-21/h1-2,5-6,14-15,18,21,23H,3-4,7-13H2,(H,26,27)/t18?,21-/m0/s1. The number of H-pyrrole nitrogens is 1. The zero-order valence-corrected chi connectivity index (χ0v) is 16.1. The first-order valence-electron chi connectivity index (χ1n) is 10.3. The molecule has 0 saturated carbocycles. The third kappa shape index (κ3) is 3.92. The van der Waals surface area contributed by atoms with E-state index in [2.05, 4.69) is 17.1 Å². The highest BCUT2D eigenvalue weighted by Gasteiger charge is 2.40. The van der Waals surface area contributed by atoms with Crippen molar-refractivity contribution in [1.29, 1.82) is 0 Å². The molecule has 2 saturated heterocycles. The van der Waals surface area contributed by atoms with Gasteiger partial charge in [0.15, 0.2) is 0 Å². The van der Waals surface area contributed by atoms with Crippen LogP contribution in [0, 0.1) is 11.8 Å². The van der Waals surface area contributed by atoms with Crippen molar-refractivity contribution >= 4 is 22.8 Å². The number of piperidine rings is 1. The first-order valence-corrected chi connectivity index (χ1v) is 10.3. The molecule has 150 valence electrons. The summed E-state index contributed by atoms with van der Waals surface area (Å²) in [6, 6.07) is 8.24. The molecule has 6 heteroatoms. The van der Waals surface area contributed by atoms with Gasteiger partial charge in [-0.1, -0.05) is 18.2 Å². The Morgan fingerprint density at radius 1 is 1.18 bits per heavy atom. The molecule has 0 radical (unpaired) electrons. The highest BCUT2D eigenvalue weighted by Crippen LogP contribution is 2.33. The lowest BCUT2D eigenvalue weighted by atomic mass is 9.84. The van der Waals surface area contributed by atoms with Gasteiger partial charge in [-0.25, -0.2) is 0 Å². The summed E-state index contributed by atoms with van der Waals surface area (Å²) in [5.74, 6) is -0.680. The molecule has 4 rings (SSSR count). The largest absolute Gasteiger partial charge is 0.481 e. The number of nitrogens with zero attached hydrogens (tertiary/aromatic N) is 1. The molecule has 6 nitrogen and oxygen atoms in total. The van der Waals surface area contributed by atoms with Gasteiger partial charge in [0.25, 0.3) is 0 Å². The fourth-order valence-electron chi connectivity index (χ4n) is 4.74. The molecule has 2 aliphatic rings. The van der Waals surface area contributed by atoms with E-state index in [1.807, 2.05) is 23.2 Å². The molecule has 2 aliphatic heterocycles. The third-order valence-corrected chi connectivity index (χ3v) is 6.32. The quantitative estimate of drug-likeness (QED) is 0.801. The zero-order valence-electron chi connectivity index (χ0n) is 16.1. The van der Waals surface area contributed by atoms with E-state index in [-0.39, 0.29) is 23.8 Å². The molecule has 1 amide bonds. The van der Waals surface area contributed by atoms with Crippen LogP contribution in [0.15, 0.2) is 30.5 Å². The van der Waals surface area contributed by atoms with Crippen LogP contribution >= 0.6 is 0 Å². The number of hydrogen-bond donors (Lipinski definition) is 2. The van der Waals surface area contributed by atoms with E-state index in [4.69, 9.17) is 4.74 Å². The fourth-order valence-corrected chi connectivity index (χ4v) is 4.74. The Morgan fingerprint density at radius 2 is 1.96 bits per heavy atom. The van der Waals surface area contributed by atoms with Gasteiger partial charge in [-0.3, -0.25) is 9.59 Å². The lowest BCUT2D eigenvalue weighted by molar-refractivity contribution is -0.146. The van der Waals surface area contributed by atoms with Crippen LogP contribution in [-0.2, 0) is 20.7 Å². The maximum absolute atomic E-state index is 12.6. The topological polar surface area (TPSA) is 82.6 Å². The lowest BCUT2D eigenvalue weighted by Crippen LogP contribution is -2.43. The summed E-state index contributed by atoms with van der Waals surface area (Å²) in [5, 5.41) is 10.6. The second-order valence-electron chi connectivity index (χ2n) is 8.00. The average molecular weight is 384 g/mol. The monoisotopic (exact) mass is 384 g/mol. The Labute approximate surface area is 164 Å². The van der Waals surface area contributed by atoms with Crippen molar-refractivity contribution in [2.75, 3.05) is 19.7 Å². The minimum atomic E-state index is -0.752. The maximum atomic E-state index is 12.6. The van der Waals surface area contributed by atoms with E-state index in [1.54, 1.807) is 0 Å². The number of carboxylic acids is 1. The Bertz CT molecular complexity index is 838. The molecule has 2 atom stereocenters. The number of carbonyl (C=O) groups is 2. The summed E-state index contributed by atoms with van der Waals surface area (Å²) in [6.07, 6.45) is 6.42. The van der Waals surface area contributed by atoms with Crippen LogP contribution in [0.2, 0.25) is 0 Å². The van der Waals surface area contributed by atoms with Gasteiger partial charge in [0.2, 0.25) is 5.91 Å². The van der Waals surface area contributed by atoms with Gasteiger partial charge in [-0.2, -0.15) is 0 Å². The first kappa shape index (κ1) is 19.0. The predicted molar refractivity (Wildman–Crippen MR) is 106 cm³/mol. The number of nitrogens with one attached hydrogen (secondary N) is 1. The lowest BCUT2D eigenvalue weighted by Gasteiger charge is -2.35. The number of aromatic nitrogens is 1. The van der Waals surface area contributed by atoms with Crippen LogP contribution in [0.3, 0.4) is 0 Å². The average Bonchev–Trinajstić information content (AvgIpc) is 3.36. The van der Waals surface area contributed by atoms with Crippen molar-refractivity contribution in [3.8, 4) is 0 Å². The summed E-state index contributed by atoms with van der Waals surface area (Å²) < 4.78 is 5.72. The highest BCUT2D eigenvalue weighted by molar-refractivity contribution is 5.83. The van der Waals surface area contributed by atoms with Gasteiger partial charge >= 0.3 is 5.97 Å². The van der Waals surface area contributed by atoms with Gasteiger partial charge in [-0.15, -0.1) is 0 Å². The van der Waals surface area contributed by atoms with Gasteiger partial charge in [0.05, 0.1) is 12.0 Å². The molecule has 0 spiro atoms. The number of likely N-dealkylation sites (tertiary alicyclic amines) is 1. The molecule has 2 N–H and O–H groups in total. The summed E-state index contributed by atoms with van der Waals surface area (Å²) in [6.45, 7) is 1.96. The number of para-hydroxylation sites is 1. The summed E-state index contributed by atoms with van der Waals surface area (Å²) >= 11 is 0. The van der Waals surface area contributed by atoms with E-state index in [0.717, 1.165) is 31.2 Å². The normalized spacial score (nSPS) is 23.4. The second kappa shape index (κ2) is 8.35. The number of carboxylic acid groups (broad SMARTS) is 1. The second-order valence-corrected chi connectivity index (χ2v) is 8.00. The van der Waals surface area contributed by atoms with Crippen LogP contribution in [0.25, 0.3) is 10.9 Å². The fraction of sp³-hybridized carbons (Fsp3) is 0.545. The smallest absolute Gasteiger partial charge is 0.309 e. The van der Waals surface area contributed by atoms with Crippen molar-refractivity contribution in [2.45, 2.75) is 44.6 Å². The van der Waals surface area contributed by atoms with Crippen molar-refractivity contribution in [1.82, 2.24) is 9.88 Å². The molecule has 2 aromatic rings. The SMILES string of the molecule is O=C(O)C1CCO[C@H]1C1CCN(C(=O)CCCc2c[nH]c3ccccc23)CC1. The number of fused-ring (bicyclic) bond motifs is 1. The van der Waals surface area contributed by atoms with E-state index >= 15 is 0 Å². The number of aliphatic carboxylic acids is 1. The number of aryl methyl sites for hydroxylation is 1. The molecule has 0 aliphatic carbocycles. The number of benzene rings is 1.